The van der Waals surface area contributed by atoms with Crippen LogP contribution in [0.25, 0.3) is 0 Å². The molecule has 2 heteroatoms. The molecule has 3 aliphatic rings. The second-order valence-corrected chi connectivity index (χ2v) is 7.21. The smallest absolute Gasteiger partial charge is 0.144 e. The van der Waals surface area contributed by atoms with Crippen LogP contribution in [0.15, 0.2) is 0 Å². The lowest BCUT2D eigenvalue weighted by atomic mass is 9.80. The Morgan fingerprint density at radius 3 is 2.61 bits per heavy atom. The number of hydrogen-bond acceptors (Lipinski definition) is 1. The van der Waals surface area contributed by atoms with Gasteiger partial charge in [0.2, 0.25) is 0 Å². The van der Waals surface area contributed by atoms with Crippen LogP contribution < -0.4 is 4.90 Å². The normalized spacial score (nSPS) is 46.0. The Kier molecular flexibility index (Phi) is 3.95. The van der Waals surface area contributed by atoms with Crippen LogP contribution >= 0.6 is 0 Å². The third kappa shape index (κ3) is 2.46. The molecule has 3 fully saturated rings. The van der Waals surface area contributed by atoms with Crippen LogP contribution in [0.3, 0.4) is 0 Å². The van der Waals surface area contributed by atoms with Gasteiger partial charge in [0.25, 0.3) is 0 Å². The largest absolute Gasteiger partial charge is 0.316 e. The number of fused-ring (bicyclic) bond motifs is 1. The Morgan fingerprint density at radius 2 is 1.78 bits per heavy atom. The van der Waals surface area contributed by atoms with E-state index in [2.05, 4.69) is 18.7 Å². The maximum Gasteiger partial charge on any atom is 0.144 e. The third-order valence-corrected chi connectivity index (χ3v) is 5.97. The number of quaternary nitrogens is 1. The summed E-state index contributed by atoms with van der Waals surface area (Å²) in [5.41, 5.74) is 0. The molecule has 2 heterocycles. The van der Waals surface area contributed by atoms with Crippen LogP contribution in [0.4, 0.5) is 0 Å². The molecule has 0 bridgehead atoms. The van der Waals surface area contributed by atoms with Gasteiger partial charge in [-0.1, -0.05) is 26.2 Å². The van der Waals surface area contributed by atoms with Crippen LogP contribution in [-0.4, -0.2) is 36.7 Å². The highest BCUT2D eigenvalue weighted by Gasteiger charge is 2.43. The van der Waals surface area contributed by atoms with E-state index in [4.69, 9.17) is 0 Å². The Balaban J connectivity index is 1.63. The van der Waals surface area contributed by atoms with Gasteiger partial charge in [-0.2, -0.15) is 0 Å². The van der Waals surface area contributed by atoms with Gasteiger partial charge in [-0.05, 0) is 32.1 Å². The highest BCUT2D eigenvalue weighted by atomic mass is 15.4. The molecular formula is C16H31N2+. The average Bonchev–Trinajstić information content (AvgIpc) is 2.69. The number of nitrogens with one attached hydrogen (secondary N) is 1. The van der Waals surface area contributed by atoms with Gasteiger partial charge in [0.1, 0.15) is 6.17 Å². The summed E-state index contributed by atoms with van der Waals surface area (Å²) < 4.78 is 0. The van der Waals surface area contributed by atoms with Gasteiger partial charge in [-0.25, -0.2) is 4.90 Å². The summed E-state index contributed by atoms with van der Waals surface area (Å²) >= 11 is 0. The predicted octanol–water partition coefficient (Wildman–Crippen LogP) is 1.91. The lowest BCUT2D eigenvalue weighted by Gasteiger charge is -2.36. The first-order valence-corrected chi connectivity index (χ1v) is 8.35. The van der Waals surface area contributed by atoms with Crippen molar-refractivity contribution in [2.45, 2.75) is 71.0 Å². The van der Waals surface area contributed by atoms with Gasteiger partial charge in [0, 0.05) is 18.9 Å². The minimum Gasteiger partial charge on any atom is -0.316 e. The standard InChI is InChI=1S/C16H30N2/c1-13-7-3-4-8-15(13)12-18-14(2)11-17-10-6-5-9-16(17)18/h13-16H,3-12H2,1-2H3/p+1. The minimum atomic E-state index is 0.877. The molecular weight excluding hydrogens is 220 g/mol. The van der Waals surface area contributed by atoms with E-state index in [9.17, 15) is 0 Å². The number of hydrogen-bond donors (Lipinski definition) is 1. The van der Waals surface area contributed by atoms with Gasteiger partial charge >= 0.3 is 0 Å². The number of rotatable bonds is 2. The molecule has 18 heavy (non-hydrogen) atoms. The molecule has 0 spiro atoms. The Hall–Kier alpha value is -0.0800. The SMILES string of the molecule is CC1CCCCC1C[NH+]1C(C)CN2CCCCC21. The maximum atomic E-state index is 2.79. The summed E-state index contributed by atoms with van der Waals surface area (Å²) in [5.74, 6) is 1.99. The molecule has 0 radical (unpaired) electrons. The Morgan fingerprint density at radius 1 is 1.00 bits per heavy atom. The zero-order valence-corrected chi connectivity index (χ0v) is 12.3. The van der Waals surface area contributed by atoms with E-state index in [-0.39, 0.29) is 0 Å². The van der Waals surface area contributed by atoms with E-state index in [0.717, 1.165) is 24.0 Å². The van der Waals surface area contributed by atoms with Crippen molar-refractivity contribution in [3.05, 3.63) is 0 Å². The van der Waals surface area contributed by atoms with Crippen molar-refractivity contribution in [2.24, 2.45) is 11.8 Å². The summed E-state index contributed by atoms with van der Waals surface area (Å²) in [6, 6.07) is 0.877. The van der Waals surface area contributed by atoms with Crippen LogP contribution in [0.2, 0.25) is 0 Å². The first-order valence-electron chi connectivity index (χ1n) is 8.35. The highest BCUT2D eigenvalue weighted by molar-refractivity contribution is 4.79. The predicted molar refractivity (Wildman–Crippen MR) is 75.6 cm³/mol. The molecule has 2 saturated heterocycles. The molecule has 5 unspecified atom stereocenters. The molecule has 1 N–H and O–H groups in total. The van der Waals surface area contributed by atoms with Gasteiger partial charge < -0.3 is 4.90 Å². The summed E-state index contributed by atoms with van der Waals surface area (Å²) in [7, 11) is 0. The van der Waals surface area contributed by atoms with E-state index in [1.807, 2.05) is 4.90 Å². The fraction of sp³-hybridized carbons (Fsp3) is 1.00. The van der Waals surface area contributed by atoms with Crippen molar-refractivity contribution in [2.75, 3.05) is 19.6 Å². The van der Waals surface area contributed by atoms with Gasteiger partial charge in [-0.15, -0.1) is 0 Å². The molecule has 0 aromatic rings. The second kappa shape index (κ2) is 5.50. The van der Waals surface area contributed by atoms with Crippen LogP contribution in [-0.2, 0) is 0 Å². The van der Waals surface area contributed by atoms with E-state index >= 15 is 0 Å². The quantitative estimate of drug-likeness (QED) is 0.788. The Bertz CT molecular complexity index is 278. The van der Waals surface area contributed by atoms with Crippen LogP contribution in [0, 0.1) is 11.8 Å². The summed E-state index contributed by atoms with van der Waals surface area (Å²) in [5, 5.41) is 0. The molecule has 0 amide bonds. The van der Waals surface area contributed by atoms with E-state index < -0.39 is 0 Å². The van der Waals surface area contributed by atoms with Crippen molar-refractivity contribution >= 4 is 0 Å². The first-order chi connectivity index (χ1) is 8.75. The number of nitrogens with zero attached hydrogens (tertiary/aromatic N) is 1. The average molecular weight is 251 g/mol. The van der Waals surface area contributed by atoms with Crippen molar-refractivity contribution in [3.63, 3.8) is 0 Å². The van der Waals surface area contributed by atoms with Crippen LogP contribution in [0.5, 0.6) is 0 Å². The first kappa shape index (κ1) is 12.9. The van der Waals surface area contributed by atoms with E-state index in [1.165, 1.54) is 64.6 Å². The summed E-state index contributed by atoms with van der Waals surface area (Å²) in [6.07, 6.45) is 11.2. The molecule has 0 aromatic heterocycles. The van der Waals surface area contributed by atoms with Crippen LogP contribution in [0.1, 0.15) is 58.8 Å². The summed E-state index contributed by atoms with van der Waals surface area (Å²) in [4.78, 5) is 4.73. The zero-order valence-electron chi connectivity index (χ0n) is 12.3. The topological polar surface area (TPSA) is 7.68 Å². The maximum absolute atomic E-state index is 2.79. The Labute approximate surface area is 113 Å². The zero-order chi connectivity index (χ0) is 12.5. The van der Waals surface area contributed by atoms with E-state index in [0.29, 0.717) is 0 Å². The molecule has 5 atom stereocenters. The summed E-state index contributed by atoms with van der Waals surface area (Å²) in [6.45, 7) is 9.19. The van der Waals surface area contributed by atoms with E-state index in [1.54, 1.807) is 0 Å². The molecule has 0 aromatic carbocycles. The monoisotopic (exact) mass is 251 g/mol. The fourth-order valence-corrected chi connectivity index (χ4v) is 4.76. The third-order valence-electron chi connectivity index (χ3n) is 5.97. The lowest BCUT2D eigenvalue weighted by molar-refractivity contribution is -0.943. The van der Waals surface area contributed by atoms with Crippen molar-refractivity contribution in [3.8, 4) is 0 Å². The van der Waals surface area contributed by atoms with Crippen molar-refractivity contribution in [1.82, 2.24) is 4.90 Å². The van der Waals surface area contributed by atoms with Gasteiger partial charge in [0.15, 0.2) is 0 Å². The molecule has 3 rings (SSSR count). The molecule has 1 saturated carbocycles. The molecule has 2 nitrogen and oxygen atoms in total. The highest BCUT2D eigenvalue weighted by Crippen LogP contribution is 2.29. The fourth-order valence-electron chi connectivity index (χ4n) is 4.76. The van der Waals surface area contributed by atoms with Gasteiger partial charge in [-0.3, -0.25) is 0 Å². The van der Waals surface area contributed by atoms with Crippen molar-refractivity contribution in [1.29, 1.82) is 0 Å². The second-order valence-electron chi connectivity index (χ2n) is 7.21. The van der Waals surface area contributed by atoms with Crippen molar-refractivity contribution < 1.29 is 4.90 Å². The molecule has 1 aliphatic carbocycles. The molecule has 104 valence electrons. The lowest BCUT2D eigenvalue weighted by Crippen LogP contribution is -3.18. The molecule has 2 aliphatic heterocycles. The minimum absolute atomic E-state index is 0.877. The number of piperidine rings is 1. The van der Waals surface area contributed by atoms with Gasteiger partial charge in [0.05, 0.1) is 19.1 Å².